The molecular formula is C20H26F2N4O4. The zero-order chi connectivity index (χ0) is 21.8. The second-order valence-corrected chi connectivity index (χ2v) is 7.38. The number of halogens is 2. The van der Waals surface area contributed by atoms with Gasteiger partial charge in [-0.15, -0.1) is 0 Å². The van der Waals surface area contributed by atoms with Gasteiger partial charge >= 0.3 is 0 Å². The number of hydrogen-bond donors (Lipinski definition) is 2. The minimum absolute atomic E-state index is 0.0718. The van der Waals surface area contributed by atoms with Crippen molar-refractivity contribution in [2.45, 2.75) is 44.7 Å². The summed E-state index contributed by atoms with van der Waals surface area (Å²) in [7, 11) is 0. The lowest BCUT2D eigenvalue weighted by molar-refractivity contribution is -0.134. The van der Waals surface area contributed by atoms with Crippen LogP contribution in [0.3, 0.4) is 0 Å². The van der Waals surface area contributed by atoms with Gasteiger partial charge in [-0.05, 0) is 37.6 Å². The van der Waals surface area contributed by atoms with Crippen LogP contribution >= 0.6 is 0 Å². The Balaban J connectivity index is 1.84. The number of amides is 3. The normalized spacial score (nSPS) is 18.4. The van der Waals surface area contributed by atoms with Gasteiger partial charge in [-0.2, -0.15) is 0 Å². The van der Waals surface area contributed by atoms with Gasteiger partial charge < -0.3 is 20.7 Å². The fourth-order valence-corrected chi connectivity index (χ4v) is 3.82. The lowest BCUT2D eigenvalue weighted by atomic mass is 9.90. The van der Waals surface area contributed by atoms with E-state index in [1.165, 1.54) is 23.1 Å². The number of anilines is 2. The average molecular weight is 424 g/mol. The molecule has 30 heavy (non-hydrogen) atoms. The molecule has 2 fully saturated rings. The third-order valence-corrected chi connectivity index (χ3v) is 5.58. The molecule has 0 bridgehead atoms. The molecule has 0 unspecified atom stereocenters. The summed E-state index contributed by atoms with van der Waals surface area (Å²) in [4.78, 5) is 39.9. The molecule has 10 heteroatoms. The standard InChI is InChI=1S/C20H26F2N4O4/c1-2-25(12-4-3-5-12)17(19(23)28)20(29)24-15-7-6-13(10-14(15)18(21)22)26-8-9-30-11-16(26)27/h6-7,10,12,17-18H,2-5,8-9,11H2,1H3,(H2,23,28)(H,24,29)/t17-/m0/s1. The van der Waals surface area contributed by atoms with Crippen LogP contribution in [0.4, 0.5) is 20.2 Å². The average Bonchev–Trinajstić information content (AvgIpc) is 2.66. The number of rotatable bonds is 8. The van der Waals surface area contributed by atoms with Crippen LogP contribution in [0.5, 0.6) is 0 Å². The van der Waals surface area contributed by atoms with Crippen LogP contribution in [0.1, 0.15) is 38.2 Å². The van der Waals surface area contributed by atoms with Crippen LogP contribution < -0.4 is 16.0 Å². The van der Waals surface area contributed by atoms with Crippen LogP contribution in [0, 0.1) is 0 Å². The summed E-state index contributed by atoms with van der Waals surface area (Å²) >= 11 is 0. The maximum absolute atomic E-state index is 13.7. The van der Waals surface area contributed by atoms with Gasteiger partial charge in [-0.25, -0.2) is 8.78 Å². The van der Waals surface area contributed by atoms with E-state index in [-0.39, 0.29) is 30.8 Å². The minimum Gasteiger partial charge on any atom is -0.370 e. The zero-order valence-electron chi connectivity index (χ0n) is 16.8. The molecule has 1 aromatic carbocycles. The first-order valence-electron chi connectivity index (χ1n) is 9.99. The van der Waals surface area contributed by atoms with Gasteiger partial charge in [0.25, 0.3) is 18.2 Å². The van der Waals surface area contributed by atoms with E-state index in [1.54, 1.807) is 4.90 Å². The molecule has 1 aliphatic heterocycles. The highest BCUT2D eigenvalue weighted by atomic mass is 19.3. The number of hydrogen-bond acceptors (Lipinski definition) is 5. The number of morpholine rings is 1. The Morgan fingerprint density at radius 3 is 2.63 bits per heavy atom. The molecule has 1 aliphatic carbocycles. The maximum Gasteiger partial charge on any atom is 0.265 e. The Bertz CT molecular complexity index is 816. The van der Waals surface area contributed by atoms with Crippen molar-refractivity contribution >= 4 is 29.1 Å². The molecule has 3 amide bonds. The van der Waals surface area contributed by atoms with Gasteiger partial charge in [0, 0.05) is 29.5 Å². The fourth-order valence-electron chi connectivity index (χ4n) is 3.82. The van der Waals surface area contributed by atoms with E-state index in [1.807, 2.05) is 6.92 Å². The topological polar surface area (TPSA) is 105 Å². The Labute approximate surface area is 173 Å². The Morgan fingerprint density at radius 2 is 2.10 bits per heavy atom. The molecule has 1 heterocycles. The number of nitrogens with two attached hydrogens (primary N) is 1. The van der Waals surface area contributed by atoms with Crippen LogP contribution in [0.15, 0.2) is 18.2 Å². The van der Waals surface area contributed by atoms with E-state index in [4.69, 9.17) is 10.5 Å². The summed E-state index contributed by atoms with van der Waals surface area (Å²) in [5.74, 6) is -1.89. The molecule has 1 atom stereocenters. The number of benzene rings is 1. The van der Waals surface area contributed by atoms with Crippen molar-refractivity contribution in [3.63, 3.8) is 0 Å². The highest BCUT2D eigenvalue weighted by molar-refractivity contribution is 6.10. The highest BCUT2D eigenvalue weighted by Crippen LogP contribution is 2.32. The molecule has 164 valence electrons. The van der Waals surface area contributed by atoms with Crippen molar-refractivity contribution in [3.05, 3.63) is 23.8 Å². The first-order valence-corrected chi connectivity index (χ1v) is 9.99. The first-order chi connectivity index (χ1) is 14.3. The summed E-state index contributed by atoms with van der Waals surface area (Å²) in [5, 5.41) is 2.44. The molecule has 2 aliphatic rings. The van der Waals surface area contributed by atoms with Crippen molar-refractivity contribution in [1.82, 2.24) is 4.90 Å². The van der Waals surface area contributed by atoms with Crippen molar-refractivity contribution in [2.75, 3.05) is 36.5 Å². The van der Waals surface area contributed by atoms with Gasteiger partial charge in [-0.3, -0.25) is 19.3 Å². The SMILES string of the molecule is CCN(C1CCC1)[C@@H](C(N)=O)C(=O)Nc1ccc(N2CCOCC2=O)cc1C(F)F. The van der Waals surface area contributed by atoms with Crippen LogP contribution in [-0.4, -0.2) is 61.0 Å². The number of carbonyl (C=O) groups excluding carboxylic acids is 3. The van der Waals surface area contributed by atoms with Crippen molar-refractivity contribution in [3.8, 4) is 0 Å². The summed E-state index contributed by atoms with van der Waals surface area (Å²) in [6.45, 7) is 2.70. The molecule has 0 aromatic heterocycles. The first kappa shape index (κ1) is 22.1. The molecule has 3 rings (SSSR count). The smallest absolute Gasteiger partial charge is 0.265 e. The number of likely N-dealkylation sites (N-methyl/N-ethyl adjacent to an activating group) is 1. The van der Waals surface area contributed by atoms with E-state index in [9.17, 15) is 23.2 Å². The van der Waals surface area contributed by atoms with E-state index in [2.05, 4.69) is 5.32 Å². The van der Waals surface area contributed by atoms with Crippen molar-refractivity contribution in [2.24, 2.45) is 5.73 Å². The third kappa shape index (κ3) is 4.59. The second kappa shape index (κ2) is 9.48. The number of carbonyl (C=O) groups is 3. The second-order valence-electron chi connectivity index (χ2n) is 7.38. The fraction of sp³-hybridized carbons (Fsp3) is 0.550. The monoisotopic (exact) mass is 424 g/mol. The molecular weight excluding hydrogens is 398 g/mol. The number of alkyl halides is 2. The molecule has 8 nitrogen and oxygen atoms in total. The lowest BCUT2D eigenvalue weighted by Gasteiger charge is -2.40. The molecule has 3 N–H and O–H groups in total. The lowest BCUT2D eigenvalue weighted by Crippen LogP contribution is -2.57. The number of nitrogens with zero attached hydrogens (tertiary/aromatic N) is 2. The largest absolute Gasteiger partial charge is 0.370 e. The third-order valence-electron chi connectivity index (χ3n) is 5.58. The van der Waals surface area contributed by atoms with Gasteiger partial charge in [0.05, 0.1) is 6.61 Å². The highest BCUT2D eigenvalue weighted by Gasteiger charge is 2.37. The number of ether oxygens (including phenoxy) is 1. The van der Waals surface area contributed by atoms with Crippen LogP contribution in [-0.2, 0) is 19.1 Å². The van der Waals surface area contributed by atoms with Gasteiger partial charge in [0.2, 0.25) is 5.91 Å². The summed E-state index contributed by atoms with van der Waals surface area (Å²) in [6.07, 6.45) is -0.173. The zero-order valence-corrected chi connectivity index (χ0v) is 16.8. The molecule has 1 saturated heterocycles. The van der Waals surface area contributed by atoms with Crippen molar-refractivity contribution < 1.29 is 27.9 Å². The Kier molecular flexibility index (Phi) is 6.99. The Hall–Kier alpha value is -2.59. The summed E-state index contributed by atoms with van der Waals surface area (Å²) in [5.41, 5.74) is 5.22. The van der Waals surface area contributed by atoms with Crippen LogP contribution in [0.2, 0.25) is 0 Å². The number of primary amides is 1. The Morgan fingerprint density at radius 1 is 1.37 bits per heavy atom. The van der Waals surface area contributed by atoms with E-state index >= 15 is 0 Å². The van der Waals surface area contributed by atoms with Crippen molar-refractivity contribution in [1.29, 1.82) is 0 Å². The molecule has 1 saturated carbocycles. The molecule has 1 aromatic rings. The molecule has 0 radical (unpaired) electrons. The van der Waals surface area contributed by atoms with Gasteiger partial charge in [0.15, 0.2) is 6.04 Å². The van der Waals surface area contributed by atoms with E-state index in [0.29, 0.717) is 18.8 Å². The van der Waals surface area contributed by atoms with Gasteiger partial charge in [0.1, 0.15) is 6.61 Å². The van der Waals surface area contributed by atoms with E-state index in [0.717, 1.165) is 19.3 Å². The predicted molar refractivity (Wildman–Crippen MR) is 106 cm³/mol. The quantitative estimate of drug-likeness (QED) is 0.618. The molecule has 0 spiro atoms. The van der Waals surface area contributed by atoms with Crippen LogP contribution in [0.25, 0.3) is 0 Å². The maximum atomic E-state index is 13.7. The van der Waals surface area contributed by atoms with E-state index < -0.39 is 29.8 Å². The minimum atomic E-state index is -2.89. The number of nitrogens with one attached hydrogen (secondary N) is 1. The summed E-state index contributed by atoms with van der Waals surface area (Å²) in [6, 6.07) is 2.79. The summed E-state index contributed by atoms with van der Waals surface area (Å²) < 4.78 is 32.5. The predicted octanol–water partition coefficient (Wildman–Crippen LogP) is 1.65. The van der Waals surface area contributed by atoms with Gasteiger partial charge in [-0.1, -0.05) is 13.3 Å².